The zero-order valence-electron chi connectivity index (χ0n) is 11.5. The summed E-state index contributed by atoms with van der Waals surface area (Å²) in [6, 6.07) is 0. The fourth-order valence-electron chi connectivity index (χ4n) is 1.50. The Bertz CT molecular complexity index is 328. The molecule has 0 radical (unpaired) electrons. The zero-order valence-corrected chi connectivity index (χ0v) is 15.4. The van der Waals surface area contributed by atoms with Gasteiger partial charge >= 0.3 is 28.4 Å². The van der Waals surface area contributed by atoms with Crippen LogP contribution in [0.3, 0.4) is 0 Å². The van der Waals surface area contributed by atoms with Crippen LogP contribution in [0, 0.1) is 18.1 Å². The van der Waals surface area contributed by atoms with Gasteiger partial charge in [0.15, 0.2) is 0 Å². The molecule has 0 nitrogen and oxygen atoms in total. The van der Waals surface area contributed by atoms with E-state index >= 15 is 0 Å². The summed E-state index contributed by atoms with van der Waals surface area (Å²) in [4.78, 5) is 0. The van der Waals surface area contributed by atoms with Crippen LogP contribution in [-0.4, -0.2) is 4.21 Å². The summed E-state index contributed by atoms with van der Waals surface area (Å²) in [5.41, 5.74) is 4.25. The van der Waals surface area contributed by atoms with Crippen LogP contribution < -0.4 is 24.8 Å². The van der Waals surface area contributed by atoms with E-state index in [1.165, 1.54) is 41.0 Å². The third kappa shape index (κ3) is 8.40. The summed E-state index contributed by atoms with van der Waals surface area (Å²) in [7, 11) is 0. The van der Waals surface area contributed by atoms with Gasteiger partial charge < -0.3 is 24.8 Å². The second kappa shape index (κ2) is 13.7. The molecule has 1 atom stereocenters. The van der Waals surface area contributed by atoms with Crippen LogP contribution >= 0.6 is 0 Å². The van der Waals surface area contributed by atoms with Gasteiger partial charge in [0.25, 0.3) is 0 Å². The molecular weight excluding hydrogens is 342 g/mol. The molecule has 2 aliphatic carbocycles. The quantitative estimate of drug-likeness (QED) is 0.438. The van der Waals surface area contributed by atoms with E-state index in [2.05, 4.69) is 50.1 Å². The maximum atomic E-state index is 3.36. The molecule has 0 aromatic heterocycles. The third-order valence-electron chi connectivity index (χ3n) is 2.82. The van der Waals surface area contributed by atoms with Crippen molar-refractivity contribution >= 4 is 4.21 Å². The molecule has 3 heteroatoms. The maximum Gasteiger partial charge on any atom is -1.00 e. The minimum Gasteiger partial charge on any atom is -1.00 e. The number of hydrogen-bond acceptors (Lipinski definition) is 0. The molecule has 0 aromatic rings. The van der Waals surface area contributed by atoms with Gasteiger partial charge in [0.2, 0.25) is 0 Å². The number of halogens is 2. The predicted octanol–water partition coefficient (Wildman–Crippen LogP) is -2.00. The Hall–Kier alpha value is 0.293. The zero-order chi connectivity index (χ0) is 12.6. The van der Waals surface area contributed by atoms with Crippen LogP contribution in [0.2, 0.25) is 0 Å². The monoisotopic (exact) mass is 360 g/mol. The van der Waals surface area contributed by atoms with Crippen LogP contribution in [0.5, 0.6) is 0 Å². The molecule has 2 rings (SSSR count). The van der Waals surface area contributed by atoms with Gasteiger partial charge in [-0.25, -0.2) is 17.7 Å². The van der Waals surface area contributed by atoms with Crippen molar-refractivity contribution in [3.05, 3.63) is 47.1 Å². The van der Waals surface area contributed by atoms with E-state index in [4.69, 9.17) is 0 Å². The number of hydrogen-bond donors (Lipinski definition) is 0. The minimum absolute atomic E-state index is 0. The smallest absolute Gasteiger partial charge is 1.00 e. The summed E-state index contributed by atoms with van der Waals surface area (Å²) in [6.45, 7) is 8.67. The fraction of sp³-hybridized carbons (Fsp3) is 0.400. The number of allylic oxidation sites excluding steroid dienone is 8. The molecule has 0 bridgehead atoms. The molecule has 2 aliphatic rings. The molecule has 0 saturated carbocycles. The van der Waals surface area contributed by atoms with Crippen molar-refractivity contribution in [1.29, 1.82) is 0 Å². The second-order valence-corrected chi connectivity index (χ2v) is 3.80. The van der Waals surface area contributed by atoms with Gasteiger partial charge in [-0.3, -0.25) is 12.2 Å². The Labute approximate surface area is 139 Å². The Morgan fingerprint density at radius 1 is 1.22 bits per heavy atom. The summed E-state index contributed by atoms with van der Waals surface area (Å²) >= 11 is 1.30. The Balaban J connectivity index is -0.000000217. The topological polar surface area (TPSA) is 0 Å². The van der Waals surface area contributed by atoms with Crippen molar-refractivity contribution in [3.8, 4) is 0 Å². The van der Waals surface area contributed by atoms with Crippen molar-refractivity contribution < 1.29 is 49.0 Å². The average molecular weight is 362 g/mol. The van der Waals surface area contributed by atoms with Crippen LogP contribution in [0.25, 0.3) is 0 Å². The van der Waals surface area contributed by atoms with E-state index < -0.39 is 0 Å². The van der Waals surface area contributed by atoms with Gasteiger partial charge in [-0.2, -0.15) is 17.2 Å². The van der Waals surface area contributed by atoms with Gasteiger partial charge in [-0.15, -0.1) is 13.3 Å². The van der Waals surface area contributed by atoms with E-state index in [-0.39, 0.29) is 24.8 Å². The molecule has 100 valence electrons. The summed E-state index contributed by atoms with van der Waals surface area (Å²) in [6.07, 6.45) is 13.4. The molecule has 0 N–H and O–H groups in total. The Kier molecular flexibility index (Phi) is 17.8. The van der Waals surface area contributed by atoms with Gasteiger partial charge in [-0.1, -0.05) is 26.7 Å². The van der Waals surface area contributed by atoms with E-state index in [9.17, 15) is 0 Å². The summed E-state index contributed by atoms with van der Waals surface area (Å²) < 4.78 is 3.34. The van der Waals surface area contributed by atoms with Crippen LogP contribution in [-0.2, 0) is 24.2 Å². The van der Waals surface area contributed by atoms with Crippen LogP contribution in [0.4, 0.5) is 0 Å². The molecule has 0 heterocycles. The Morgan fingerprint density at radius 2 is 1.78 bits per heavy atom. The Morgan fingerprint density at radius 3 is 1.89 bits per heavy atom. The van der Waals surface area contributed by atoms with Crippen molar-refractivity contribution in [2.75, 3.05) is 0 Å². The standard InChI is InChI=1S/C9H13.C5H5.CH2.2ClH.Zr/c1-6-5-7(2)9(4)8(6)3;1-2-4-5-3-1;;;;/h6H,1-4H3;1-3H,4H2;1H2;2*1H;/q2*-1;;;;+2/p-2. The van der Waals surface area contributed by atoms with Crippen LogP contribution in [0.1, 0.15) is 34.1 Å². The average Bonchev–Trinajstić information content (AvgIpc) is 2.93. The number of rotatable bonds is 0. The second-order valence-electron chi connectivity index (χ2n) is 3.80. The molecule has 0 amide bonds. The molecule has 0 fully saturated rings. The predicted molar refractivity (Wildman–Crippen MR) is 68.7 cm³/mol. The molecule has 0 aromatic carbocycles. The first kappa shape index (κ1) is 23.4. The molecular formula is C15H20Cl2Zr-2. The van der Waals surface area contributed by atoms with E-state index in [0.29, 0.717) is 5.92 Å². The first-order valence-electron chi connectivity index (χ1n) is 5.48. The van der Waals surface area contributed by atoms with E-state index in [1.54, 1.807) is 0 Å². The van der Waals surface area contributed by atoms with Crippen molar-refractivity contribution in [2.24, 2.45) is 5.92 Å². The van der Waals surface area contributed by atoms with Crippen molar-refractivity contribution in [3.63, 3.8) is 0 Å². The maximum absolute atomic E-state index is 3.36. The van der Waals surface area contributed by atoms with Gasteiger partial charge in [0.05, 0.1) is 0 Å². The van der Waals surface area contributed by atoms with Gasteiger partial charge in [0, 0.05) is 0 Å². The normalized spacial score (nSPS) is 18.8. The molecule has 1 unspecified atom stereocenters. The molecule has 0 saturated heterocycles. The first-order valence-corrected chi connectivity index (χ1v) is 7.21. The molecule has 18 heavy (non-hydrogen) atoms. The first-order chi connectivity index (χ1) is 7.63. The van der Waals surface area contributed by atoms with Gasteiger partial charge in [-0.05, 0) is 0 Å². The summed E-state index contributed by atoms with van der Waals surface area (Å²) in [5.74, 6) is 0.560. The van der Waals surface area contributed by atoms with E-state index in [0.717, 1.165) is 6.42 Å². The van der Waals surface area contributed by atoms with Crippen molar-refractivity contribution in [2.45, 2.75) is 34.1 Å². The van der Waals surface area contributed by atoms with Gasteiger partial charge in [0.1, 0.15) is 0 Å². The van der Waals surface area contributed by atoms with E-state index in [1.807, 2.05) is 12.2 Å². The molecule has 0 spiro atoms. The van der Waals surface area contributed by atoms with Crippen LogP contribution in [0.15, 0.2) is 34.9 Å². The summed E-state index contributed by atoms with van der Waals surface area (Å²) in [5, 5.41) is 0. The SMILES string of the molecule is CC1=[C-]C(C)C(C)=C1C.[C-]1=CC=CC1.[CH2]=[Zr+2].[Cl-].[Cl-]. The largest absolute Gasteiger partial charge is 1.00 e. The third-order valence-corrected chi connectivity index (χ3v) is 2.82. The minimum atomic E-state index is 0. The van der Waals surface area contributed by atoms with Crippen molar-refractivity contribution in [1.82, 2.24) is 0 Å². The molecule has 0 aliphatic heterocycles. The fourth-order valence-corrected chi connectivity index (χ4v) is 1.50.